The van der Waals surface area contributed by atoms with Crippen molar-refractivity contribution < 1.29 is 4.79 Å². The van der Waals surface area contributed by atoms with Gasteiger partial charge in [-0.15, -0.1) is 0 Å². The molecule has 2 aromatic carbocycles. The third-order valence-corrected chi connectivity index (χ3v) is 3.55. The Balaban J connectivity index is 2.20. The van der Waals surface area contributed by atoms with Crippen LogP contribution < -0.4 is 11.1 Å². The molecule has 0 fully saturated rings. The van der Waals surface area contributed by atoms with Gasteiger partial charge in [0.1, 0.15) is 0 Å². The van der Waals surface area contributed by atoms with Crippen molar-refractivity contribution in [3.8, 4) is 0 Å². The highest BCUT2D eigenvalue weighted by Gasteiger charge is 2.15. The summed E-state index contributed by atoms with van der Waals surface area (Å²) < 4.78 is 0. The molecule has 0 bridgehead atoms. The Kier molecular flexibility index (Phi) is 4.53. The fraction of sp³-hybridized carbons (Fsp3) is 0.133. The van der Waals surface area contributed by atoms with Gasteiger partial charge in [0.05, 0.1) is 16.6 Å². The maximum atomic E-state index is 12.2. The minimum atomic E-state index is -0.284. The second-order valence-electron chi connectivity index (χ2n) is 4.45. The second-order valence-corrected chi connectivity index (χ2v) is 5.29. The van der Waals surface area contributed by atoms with Crippen LogP contribution in [0.3, 0.4) is 0 Å². The minimum Gasteiger partial charge on any atom is -0.398 e. The number of carbonyl (C=O) groups excluding carboxylic acids is 1. The van der Waals surface area contributed by atoms with Crippen LogP contribution in [0.15, 0.2) is 42.5 Å². The molecule has 5 heteroatoms. The zero-order valence-corrected chi connectivity index (χ0v) is 12.4. The standard InChI is InChI=1S/C15H14Cl2N2O/c1-9(11-4-2-3-5-14(11)18)19-15(20)12-8-10(16)6-7-13(12)17/h2-9H,18H2,1H3,(H,19,20). The molecule has 0 aliphatic carbocycles. The van der Waals surface area contributed by atoms with Crippen molar-refractivity contribution in [1.82, 2.24) is 5.32 Å². The van der Waals surface area contributed by atoms with E-state index in [0.717, 1.165) is 5.56 Å². The van der Waals surface area contributed by atoms with Gasteiger partial charge in [0, 0.05) is 10.7 Å². The SMILES string of the molecule is CC(NC(=O)c1cc(Cl)ccc1Cl)c1ccccc1N. The number of anilines is 1. The number of nitrogens with one attached hydrogen (secondary N) is 1. The van der Waals surface area contributed by atoms with Gasteiger partial charge >= 0.3 is 0 Å². The maximum Gasteiger partial charge on any atom is 0.253 e. The van der Waals surface area contributed by atoms with Crippen molar-refractivity contribution in [2.24, 2.45) is 0 Å². The van der Waals surface area contributed by atoms with Crippen LogP contribution in [0.1, 0.15) is 28.9 Å². The number of carbonyl (C=O) groups is 1. The van der Waals surface area contributed by atoms with Crippen LogP contribution in [0.25, 0.3) is 0 Å². The van der Waals surface area contributed by atoms with E-state index in [1.54, 1.807) is 24.3 Å². The Labute approximate surface area is 127 Å². The summed E-state index contributed by atoms with van der Waals surface area (Å²) in [5.41, 5.74) is 7.74. The topological polar surface area (TPSA) is 55.1 Å². The highest BCUT2D eigenvalue weighted by atomic mass is 35.5. The molecule has 20 heavy (non-hydrogen) atoms. The zero-order chi connectivity index (χ0) is 14.7. The van der Waals surface area contributed by atoms with Gasteiger partial charge in [-0.25, -0.2) is 0 Å². The smallest absolute Gasteiger partial charge is 0.253 e. The molecule has 1 unspecified atom stereocenters. The molecule has 0 heterocycles. The molecular formula is C15H14Cl2N2O. The molecular weight excluding hydrogens is 295 g/mol. The quantitative estimate of drug-likeness (QED) is 0.840. The Morgan fingerprint density at radius 1 is 1.20 bits per heavy atom. The lowest BCUT2D eigenvalue weighted by Gasteiger charge is -2.16. The molecule has 0 aliphatic rings. The van der Waals surface area contributed by atoms with Gasteiger partial charge in [-0.1, -0.05) is 41.4 Å². The lowest BCUT2D eigenvalue weighted by molar-refractivity contribution is 0.0940. The minimum absolute atomic E-state index is 0.223. The first-order valence-electron chi connectivity index (χ1n) is 6.09. The molecule has 0 saturated carbocycles. The molecule has 0 aliphatic heterocycles. The molecule has 0 spiro atoms. The summed E-state index contributed by atoms with van der Waals surface area (Å²) in [6.07, 6.45) is 0. The van der Waals surface area contributed by atoms with E-state index >= 15 is 0 Å². The van der Waals surface area contributed by atoms with E-state index in [2.05, 4.69) is 5.32 Å². The van der Waals surface area contributed by atoms with E-state index in [-0.39, 0.29) is 11.9 Å². The van der Waals surface area contributed by atoms with Gasteiger partial charge in [-0.05, 0) is 36.8 Å². The first kappa shape index (κ1) is 14.7. The van der Waals surface area contributed by atoms with E-state index in [0.29, 0.717) is 21.3 Å². The van der Waals surface area contributed by atoms with Crippen molar-refractivity contribution in [3.63, 3.8) is 0 Å². The number of amides is 1. The molecule has 0 aromatic heterocycles. The number of nitrogens with two attached hydrogens (primary N) is 1. The molecule has 2 aromatic rings. The summed E-state index contributed by atoms with van der Waals surface area (Å²) in [6.45, 7) is 1.86. The van der Waals surface area contributed by atoms with E-state index in [1.165, 1.54) is 0 Å². The number of nitrogen functional groups attached to an aromatic ring is 1. The van der Waals surface area contributed by atoms with Gasteiger partial charge in [0.2, 0.25) is 0 Å². The Bertz CT molecular complexity index is 644. The van der Waals surface area contributed by atoms with Crippen LogP contribution in [0, 0.1) is 0 Å². The summed E-state index contributed by atoms with van der Waals surface area (Å²) in [7, 11) is 0. The van der Waals surface area contributed by atoms with Crippen molar-refractivity contribution >= 4 is 34.8 Å². The molecule has 1 amide bonds. The first-order valence-corrected chi connectivity index (χ1v) is 6.85. The van der Waals surface area contributed by atoms with Gasteiger partial charge in [-0.2, -0.15) is 0 Å². The van der Waals surface area contributed by atoms with Gasteiger partial charge in [0.15, 0.2) is 0 Å². The molecule has 0 saturated heterocycles. The summed E-state index contributed by atoms with van der Waals surface area (Å²) in [4.78, 5) is 12.2. The number of hydrogen-bond donors (Lipinski definition) is 2. The molecule has 3 N–H and O–H groups in total. The number of hydrogen-bond acceptors (Lipinski definition) is 2. The van der Waals surface area contributed by atoms with Gasteiger partial charge < -0.3 is 11.1 Å². The third-order valence-electron chi connectivity index (χ3n) is 2.98. The largest absolute Gasteiger partial charge is 0.398 e. The van der Waals surface area contributed by atoms with Crippen molar-refractivity contribution in [2.75, 3.05) is 5.73 Å². The highest BCUT2D eigenvalue weighted by Crippen LogP contribution is 2.23. The summed E-state index contributed by atoms with van der Waals surface area (Å²) in [5.74, 6) is -0.284. The predicted molar refractivity (Wildman–Crippen MR) is 83.2 cm³/mol. The number of rotatable bonds is 3. The van der Waals surface area contributed by atoms with Crippen LogP contribution in [-0.2, 0) is 0 Å². The van der Waals surface area contributed by atoms with E-state index in [1.807, 2.05) is 25.1 Å². The van der Waals surface area contributed by atoms with E-state index in [4.69, 9.17) is 28.9 Å². The number of benzene rings is 2. The third kappa shape index (κ3) is 3.24. The fourth-order valence-corrected chi connectivity index (χ4v) is 2.30. The van der Waals surface area contributed by atoms with Crippen LogP contribution in [0.4, 0.5) is 5.69 Å². The summed E-state index contributed by atoms with van der Waals surface area (Å²) >= 11 is 11.9. The predicted octanol–water partition coefficient (Wildman–Crippen LogP) is 4.07. The Morgan fingerprint density at radius 2 is 1.90 bits per heavy atom. The van der Waals surface area contributed by atoms with Gasteiger partial charge in [0.25, 0.3) is 5.91 Å². The van der Waals surface area contributed by atoms with Crippen LogP contribution in [-0.4, -0.2) is 5.91 Å². The second kappa shape index (κ2) is 6.16. The average Bonchev–Trinajstić information content (AvgIpc) is 2.41. The van der Waals surface area contributed by atoms with Crippen LogP contribution in [0.2, 0.25) is 10.0 Å². The number of halogens is 2. The van der Waals surface area contributed by atoms with Crippen molar-refractivity contribution in [1.29, 1.82) is 0 Å². The lowest BCUT2D eigenvalue weighted by atomic mass is 10.1. The number of para-hydroxylation sites is 1. The fourth-order valence-electron chi connectivity index (χ4n) is 1.93. The molecule has 104 valence electrons. The summed E-state index contributed by atoms with van der Waals surface area (Å²) in [6, 6.07) is 11.9. The monoisotopic (exact) mass is 308 g/mol. The van der Waals surface area contributed by atoms with E-state index < -0.39 is 0 Å². The molecule has 0 radical (unpaired) electrons. The lowest BCUT2D eigenvalue weighted by Crippen LogP contribution is -2.27. The van der Waals surface area contributed by atoms with Crippen LogP contribution in [0.5, 0.6) is 0 Å². The molecule has 1 atom stereocenters. The zero-order valence-electron chi connectivity index (χ0n) is 10.9. The van der Waals surface area contributed by atoms with E-state index in [9.17, 15) is 4.79 Å². The first-order chi connectivity index (χ1) is 9.49. The Hall–Kier alpha value is -1.71. The normalized spacial score (nSPS) is 11.9. The maximum absolute atomic E-state index is 12.2. The van der Waals surface area contributed by atoms with Crippen molar-refractivity contribution in [3.05, 3.63) is 63.6 Å². The molecule has 2 rings (SSSR count). The highest BCUT2D eigenvalue weighted by molar-refractivity contribution is 6.35. The van der Waals surface area contributed by atoms with Gasteiger partial charge in [-0.3, -0.25) is 4.79 Å². The van der Waals surface area contributed by atoms with Crippen molar-refractivity contribution in [2.45, 2.75) is 13.0 Å². The van der Waals surface area contributed by atoms with Crippen LogP contribution >= 0.6 is 23.2 Å². The molecule has 3 nitrogen and oxygen atoms in total. The summed E-state index contributed by atoms with van der Waals surface area (Å²) in [5, 5.41) is 3.68. The Morgan fingerprint density at radius 3 is 2.60 bits per heavy atom. The average molecular weight is 309 g/mol.